The fraction of sp³-hybridized carbons (Fsp3) is 0.611. The lowest BCUT2D eigenvalue weighted by molar-refractivity contribution is -0.650. The molecule has 0 spiro atoms. The van der Waals surface area contributed by atoms with Crippen LogP contribution in [0.3, 0.4) is 0 Å². The van der Waals surface area contributed by atoms with Gasteiger partial charge in [-0.15, -0.1) is 11.8 Å². The fourth-order valence-electron chi connectivity index (χ4n) is 2.64. The summed E-state index contributed by atoms with van der Waals surface area (Å²) in [5, 5.41) is 0. The van der Waals surface area contributed by atoms with Crippen molar-refractivity contribution in [3.05, 3.63) is 30.6 Å². The van der Waals surface area contributed by atoms with Gasteiger partial charge >= 0.3 is 0 Å². The van der Waals surface area contributed by atoms with Crippen molar-refractivity contribution in [2.45, 2.75) is 64.8 Å². The molecule has 124 valence electrons. The first kappa shape index (κ1) is 19.4. The van der Waals surface area contributed by atoms with Crippen molar-refractivity contribution in [1.82, 2.24) is 4.57 Å². The SMILES string of the molecule is CCCCCCn1c[n+](CSCCCC)c2ccccc21.[Cl-]. The average Bonchev–Trinajstić information content (AvgIpc) is 2.87. The molecule has 0 N–H and O–H groups in total. The molecule has 1 heterocycles. The van der Waals surface area contributed by atoms with Crippen LogP contribution in [0.4, 0.5) is 0 Å². The van der Waals surface area contributed by atoms with Crippen molar-refractivity contribution in [2.75, 3.05) is 5.75 Å². The molecule has 2 nitrogen and oxygen atoms in total. The molecule has 0 fully saturated rings. The Morgan fingerprint density at radius 3 is 2.55 bits per heavy atom. The van der Waals surface area contributed by atoms with E-state index in [0.717, 1.165) is 12.4 Å². The van der Waals surface area contributed by atoms with Gasteiger partial charge in [-0.1, -0.05) is 45.2 Å². The number of aromatic nitrogens is 2. The Morgan fingerprint density at radius 2 is 1.77 bits per heavy atom. The molecule has 4 heteroatoms. The molecule has 0 saturated carbocycles. The lowest BCUT2D eigenvalue weighted by atomic mass is 10.2. The summed E-state index contributed by atoms with van der Waals surface area (Å²) in [6, 6.07) is 8.80. The molecule has 2 rings (SSSR count). The van der Waals surface area contributed by atoms with Crippen LogP contribution in [0.15, 0.2) is 30.6 Å². The molecular formula is C18H29ClN2S. The first-order valence-corrected chi connectivity index (χ1v) is 9.57. The first-order chi connectivity index (χ1) is 10.4. The quantitative estimate of drug-likeness (QED) is 0.474. The van der Waals surface area contributed by atoms with Crippen LogP contribution in [0.1, 0.15) is 52.4 Å². The van der Waals surface area contributed by atoms with E-state index in [-0.39, 0.29) is 12.4 Å². The predicted molar refractivity (Wildman–Crippen MR) is 93.6 cm³/mol. The van der Waals surface area contributed by atoms with E-state index in [1.165, 1.54) is 55.3 Å². The van der Waals surface area contributed by atoms with E-state index in [0.29, 0.717) is 0 Å². The van der Waals surface area contributed by atoms with E-state index < -0.39 is 0 Å². The van der Waals surface area contributed by atoms with E-state index in [1.54, 1.807) is 0 Å². The third-order valence-corrected chi connectivity index (χ3v) is 4.94. The maximum absolute atomic E-state index is 2.44. The zero-order chi connectivity index (χ0) is 14.9. The number of hydrogen-bond donors (Lipinski definition) is 0. The highest BCUT2D eigenvalue weighted by molar-refractivity contribution is 7.98. The molecule has 1 aromatic carbocycles. The van der Waals surface area contributed by atoms with Gasteiger partial charge in [-0.3, -0.25) is 0 Å². The van der Waals surface area contributed by atoms with Crippen LogP contribution < -0.4 is 17.0 Å². The second kappa shape index (κ2) is 11.0. The van der Waals surface area contributed by atoms with Crippen molar-refractivity contribution in [3.63, 3.8) is 0 Å². The van der Waals surface area contributed by atoms with E-state index in [2.05, 4.69) is 53.6 Å². The standard InChI is InChI=1S/C18H29N2S.ClH/c1-3-5-7-10-13-19-15-20(16-21-14-6-4-2)18-12-9-8-11-17(18)19;/h8-9,11-12,15H,3-7,10,13-14,16H2,1-2H3;1H/q+1;/p-1. The smallest absolute Gasteiger partial charge is 0.245 e. The number of fused-ring (bicyclic) bond motifs is 1. The Bertz CT molecular complexity index is 493. The van der Waals surface area contributed by atoms with Gasteiger partial charge in [0.15, 0.2) is 11.0 Å². The molecule has 0 unspecified atom stereocenters. The van der Waals surface area contributed by atoms with Gasteiger partial charge in [0, 0.05) is 0 Å². The summed E-state index contributed by atoms with van der Waals surface area (Å²) in [4.78, 5) is 0. The zero-order valence-corrected chi connectivity index (χ0v) is 15.5. The van der Waals surface area contributed by atoms with Crippen LogP contribution in [-0.4, -0.2) is 10.3 Å². The van der Waals surface area contributed by atoms with Gasteiger partial charge in [0.1, 0.15) is 5.88 Å². The third-order valence-electron chi connectivity index (χ3n) is 3.90. The fourth-order valence-corrected chi connectivity index (χ4v) is 3.67. The lowest BCUT2D eigenvalue weighted by Gasteiger charge is -1.98. The van der Waals surface area contributed by atoms with Crippen molar-refractivity contribution >= 4 is 22.8 Å². The minimum absolute atomic E-state index is 0. The number of benzene rings is 1. The molecule has 0 bridgehead atoms. The highest BCUT2D eigenvalue weighted by Gasteiger charge is 2.14. The summed E-state index contributed by atoms with van der Waals surface area (Å²) >= 11 is 2.04. The maximum atomic E-state index is 2.44. The Labute approximate surface area is 145 Å². The van der Waals surface area contributed by atoms with E-state index in [4.69, 9.17) is 0 Å². The number of halogens is 1. The van der Waals surface area contributed by atoms with E-state index in [9.17, 15) is 0 Å². The monoisotopic (exact) mass is 340 g/mol. The number of rotatable bonds is 10. The molecule has 22 heavy (non-hydrogen) atoms. The Morgan fingerprint density at radius 1 is 1.00 bits per heavy atom. The van der Waals surface area contributed by atoms with Gasteiger partial charge in [-0.05, 0) is 37.1 Å². The van der Waals surface area contributed by atoms with Crippen molar-refractivity contribution < 1.29 is 17.0 Å². The lowest BCUT2D eigenvalue weighted by Crippen LogP contribution is -3.00. The van der Waals surface area contributed by atoms with Gasteiger partial charge < -0.3 is 12.4 Å². The number of unbranched alkanes of at least 4 members (excludes halogenated alkanes) is 4. The molecule has 0 radical (unpaired) electrons. The van der Waals surface area contributed by atoms with Crippen LogP contribution in [0, 0.1) is 0 Å². The van der Waals surface area contributed by atoms with Gasteiger partial charge in [-0.25, -0.2) is 9.13 Å². The Hall–Kier alpha value is -0.670. The number of nitrogens with zero attached hydrogens (tertiary/aromatic N) is 2. The molecule has 0 saturated heterocycles. The van der Waals surface area contributed by atoms with Crippen LogP contribution in [0.2, 0.25) is 0 Å². The Kier molecular flexibility index (Phi) is 9.65. The minimum Gasteiger partial charge on any atom is -1.00 e. The molecule has 0 aliphatic rings. The van der Waals surface area contributed by atoms with Gasteiger partial charge in [-0.2, -0.15) is 0 Å². The van der Waals surface area contributed by atoms with Gasteiger partial charge in [0.25, 0.3) is 0 Å². The molecule has 0 atom stereocenters. The summed E-state index contributed by atoms with van der Waals surface area (Å²) in [6.07, 6.45) is 10.2. The largest absolute Gasteiger partial charge is 1.00 e. The summed E-state index contributed by atoms with van der Waals surface area (Å²) in [5.41, 5.74) is 2.75. The van der Waals surface area contributed by atoms with E-state index >= 15 is 0 Å². The normalized spacial score (nSPS) is 10.8. The number of aryl methyl sites for hydroxylation is 1. The van der Waals surface area contributed by atoms with Crippen LogP contribution in [0.25, 0.3) is 11.0 Å². The zero-order valence-electron chi connectivity index (χ0n) is 13.9. The molecule has 1 aromatic heterocycles. The molecule has 2 aromatic rings. The number of para-hydroxylation sites is 2. The predicted octanol–water partition coefficient (Wildman–Crippen LogP) is 2.00. The first-order valence-electron chi connectivity index (χ1n) is 8.41. The Balaban J connectivity index is 0.00000242. The molecule has 0 amide bonds. The highest BCUT2D eigenvalue weighted by Crippen LogP contribution is 2.14. The summed E-state index contributed by atoms with van der Waals surface area (Å²) < 4.78 is 4.85. The average molecular weight is 341 g/mol. The number of thioether (sulfide) groups is 1. The summed E-state index contributed by atoms with van der Waals surface area (Å²) in [5.74, 6) is 2.34. The maximum Gasteiger partial charge on any atom is 0.245 e. The summed E-state index contributed by atoms with van der Waals surface area (Å²) in [7, 11) is 0. The number of imidazole rings is 1. The second-order valence-electron chi connectivity index (χ2n) is 5.72. The van der Waals surface area contributed by atoms with E-state index in [1.807, 2.05) is 11.8 Å². The highest BCUT2D eigenvalue weighted by atomic mass is 35.5. The van der Waals surface area contributed by atoms with Gasteiger partial charge in [0.05, 0.1) is 6.54 Å². The number of hydrogen-bond acceptors (Lipinski definition) is 1. The van der Waals surface area contributed by atoms with Crippen LogP contribution in [-0.2, 0) is 12.4 Å². The molecular weight excluding hydrogens is 312 g/mol. The van der Waals surface area contributed by atoms with Gasteiger partial charge in [0.2, 0.25) is 6.33 Å². The molecule has 0 aliphatic carbocycles. The van der Waals surface area contributed by atoms with Crippen molar-refractivity contribution in [2.24, 2.45) is 0 Å². The third kappa shape index (κ3) is 5.51. The summed E-state index contributed by atoms with van der Waals surface area (Å²) in [6.45, 7) is 5.68. The van der Waals surface area contributed by atoms with Crippen molar-refractivity contribution in [1.29, 1.82) is 0 Å². The van der Waals surface area contributed by atoms with Crippen LogP contribution >= 0.6 is 11.8 Å². The molecule has 0 aliphatic heterocycles. The van der Waals surface area contributed by atoms with Crippen LogP contribution in [0.5, 0.6) is 0 Å². The minimum atomic E-state index is 0. The topological polar surface area (TPSA) is 8.81 Å². The van der Waals surface area contributed by atoms with Crippen molar-refractivity contribution in [3.8, 4) is 0 Å². The second-order valence-corrected chi connectivity index (χ2v) is 6.79.